The van der Waals surface area contributed by atoms with Crippen LogP contribution in [0.15, 0.2) is 36.4 Å². The van der Waals surface area contributed by atoms with E-state index in [4.69, 9.17) is 16.5 Å². The number of benzene rings is 1. The Bertz CT molecular complexity index is 93.9. The molecule has 0 unspecified atom stereocenters. The fourth-order valence-electron chi connectivity index (χ4n) is 0.385. The van der Waals surface area contributed by atoms with Gasteiger partial charge in [0.25, 0.3) is 0 Å². The molecular weight excluding hydrogens is 344 g/mol. The van der Waals surface area contributed by atoms with Crippen molar-refractivity contribution in [3.8, 4) is 0 Å². The first kappa shape index (κ1) is 9.74. The average Bonchev–Trinajstić information content (AvgIpc) is 1.93. The second-order valence-corrected chi connectivity index (χ2v) is 9.13. The molecule has 0 nitrogen and oxygen atoms in total. The Labute approximate surface area is 74.5 Å². The molecule has 0 saturated carbocycles. The van der Waals surface area contributed by atoms with Crippen LogP contribution < -0.4 is 0 Å². The van der Waals surface area contributed by atoms with E-state index in [1.807, 2.05) is 36.4 Å². The van der Waals surface area contributed by atoms with Crippen LogP contribution in [0.25, 0.3) is 0 Å². The summed E-state index contributed by atoms with van der Waals surface area (Å²) in [5.74, 6) is 0. The summed E-state index contributed by atoms with van der Waals surface area (Å²) in [6, 6.07) is 12.0. The maximum Gasteiger partial charge on any atom is -0.0623 e. The van der Waals surface area contributed by atoms with E-state index in [1.165, 1.54) is 0 Å². The van der Waals surface area contributed by atoms with E-state index in [2.05, 4.69) is 0 Å². The van der Waals surface area contributed by atoms with Crippen LogP contribution in [0.3, 0.4) is 0 Å². The molecule has 0 N–H and O–H groups in total. The van der Waals surface area contributed by atoms with Gasteiger partial charge in [-0.3, -0.25) is 0 Å². The maximum absolute atomic E-state index is 4.99. The van der Waals surface area contributed by atoms with Gasteiger partial charge in [-0.1, -0.05) is 36.4 Å². The average molecular weight is 350 g/mol. The van der Waals surface area contributed by atoms with E-state index in [0.29, 0.717) is 0 Å². The Kier molecular flexibility index (Phi) is 9.45. The number of hydrogen-bond acceptors (Lipinski definition) is 0. The molecule has 0 atom stereocenters. The molecule has 1 rings (SSSR count). The van der Waals surface area contributed by atoms with Gasteiger partial charge in [-0.05, 0) is 0 Å². The molecule has 0 aliphatic rings. The molecule has 0 spiro atoms. The van der Waals surface area contributed by atoms with Crippen molar-refractivity contribution < 1.29 is 22.1 Å². The van der Waals surface area contributed by atoms with Crippen molar-refractivity contribution in [2.24, 2.45) is 0 Å². The first-order valence-corrected chi connectivity index (χ1v) is 16.1. The van der Waals surface area contributed by atoms with Gasteiger partial charge in [-0.15, -0.1) is 0 Å². The van der Waals surface area contributed by atoms with Gasteiger partial charge in [0.15, 0.2) is 0 Å². The predicted octanol–water partition coefficient (Wildman–Crippen LogP) is 3.06. The van der Waals surface area contributed by atoms with Gasteiger partial charge in [-0.25, -0.2) is 0 Å². The summed E-state index contributed by atoms with van der Waals surface area (Å²) in [7, 11) is 9.97. The van der Waals surface area contributed by atoms with E-state index >= 15 is 0 Å². The van der Waals surface area contributed by atoms with E-state index in [9.17, 15) is 0 Å². The monoisotopic (exact) mass is 350 g/mol. The smallest absolute Gasteiger partial charge is 0.0623 e. The van der Waals surface area contributed by atoms with Crippen molar-refractivity contribution in [3.05, 3.63) is 36.4 Å². The standard InChI is InChI=1S/C6H6.2ClH.Hg/c1-2-4-6-5-3-1;;;/h1-6H;2*1H;/q;;;+2/p-2. The van der Waals surface area contributed by atoms with Crippen LogP contribution in [-0.2, 0) is 22.1 Å². The van der Waals surface area contributed by atoms with Crippen LogP contribution >= 0.6 is 16.5 Å². The minimum Gasteiger partial charge on any atom is -0.0623 e. The first-order valence-electron chi connectivity index (χ1n) is 2.53. The Morgan fingerprint density at radius 2 is 0.778 bits per heavy atom. The van der Waals surface area contributed by atoms with Gasteiger partial charge < -0.3 is 0 Å². The number of hydrogen-bond donors (Lipinski definition) is 0. The summed E-state index contributed by atoms with van der Waals surface area (Å²) >= 11 is -1.14. The molecule has 1 aromatic rings. The normalized spacial score (nSPS) is 6.44. The van der Waals surface area contributed by atoms with Crippen LogP contribution in [0.2, 0.25) is 0 Å². The fourth-order valence-corrected chi connectivity index (χ4v) is 0.385. The van der Waals surface area contributed by atoms with Crippen molar-refractivity contribution in [1.29, 1.82) is 0 Å². The molecule has 0 saturated heterocycles. The van der Waals surface area contributed by atoms with Crippen LogP contribution in [0, 0.1) is 0 Å². The zero-order valence-electron chi connectivity index (χ0n) is 4.93. The van der Waals surface area contributed by atoms with Gasteiger partial charge in [-0.2, -0.15) is 0 Å². The Balaban J connectivity index is 0.000000187. The second kappa shape index (κ2) is 8.74. The molecule has 0 amide bonds. The number of rotatable bonds is 0. The minimum absolute atomic E-state index is 1.14. The van der Waals surface area contributed by atoms with Gasteiger partial charge in [0.2, 0.25) is 0 Å². The second-order valence-electron chi connectivity index (χ2n) is 1.26. The zero-order valence-corrected chi connectivity index (χ0v) is 11.9. The SMILES string of the molecule is [Cl][Hg][Cl].c1ccccc1. The minimum atomic E-state index is -1.14. The fraction of sp³-hybridized carbons (Fsp3) is 0. The molecule has 0 fully saturated rings. The zero-order chi connectivity index (χ0) is 6.95. The summed E-state index contributed by atoms with van der Waals surface area (Å²) in [5.41, 5.74) is 0. The van der Waals surface area contributed by atoms with Crippen molar-refractivity contribution in [3.63, 3.8) is 0 Å². The molecule has 0 heterocycles. The third-order valence-electron chi connectivity index (χ3n) is 0.667. The van der Waals surface area contributed by atoms with Gasteiger partial charge in [0.1, 0.15) is 0 Å². The molecule has 0 radical (unpaired) electrons. The van der Waals surface area contributed by atoms with E-state index < -0.39 is 22.1 Å². The molecule has 9 heavy (non-hydrogen) atoms. The van der Waals surface area contributed by atoms with Crippen LogP contribution in [-0.4, -0.2) is 0 Å². The van der Waals surface area contributed by atoms with Crippen molar-refractivity contribution in [2.75, 3.05) is 0 Å². The summed E-state index contributed by atoms with van der Waals surface area (Å²) in [5, 5.41) is 0. The van der Waals surface area contributed by atoms with E-state index in [-0.39, 0.29) is 0 Å². The van der Waals surface area contributed by atoms with Crippen LogP contribution in [0.5, 0.6) is 0 Å². The largest absolute Gasteiger partial charge is 0.0623 e. The Hall–Kier alpha value is 0.735. The molecule has 0 aromatic heterocycles. The van der Waals surface area contributed by atoms with E-state index in [1.54, 1.807) is 0 Å². The molecule has 3 heteroatoms. The molecule has 1 aromatic carbocycles. The van der Waals surface area contributed by atoms with Crippen molar-refractivity contribution in [1.82, 2.24) is 0 Å². The quantitative estimate of drug-likeness (QED) is 0.632. The topological polar surface area (TPSA) is 0 Å². The predicted molar refractivity (Wildman–Crippen MR) is 38.1 cm³/mol. The molecular formula is C6H6Cl2Hg. The molecule has 0 aliphatic heterocycles. The van der Waals surface area contributed by atoms with Crippen LogP contribution in [0.1, 0.15) is 0 Å². The summed E-state index contributed by atoms with van der Waals surface area (Å²) < 4.78 is 0. The molecule has 0 aliphatic carbocycles. The first-order chi connectivity index (χ1) is 4.41. The van der Waals surface area contributed by atoms with Gasteiger partial charge >= 0.3 is 38.6 Å². The number of halogens is 2. The van der Waals surface area contributed by atoms with E-state index in [0.717, 1.165) is 0 Å². The third-order valence-corrected chi connectivity index (χ3v) is 0.667. The summed E-state index contributed by atoms with van der Waals surface area (Å²) in [4.78, 5) is 0. The van der Waals surface area contributed by atoms with Gasteiger partial charge in [0, 0.05) is 0 Å². The Morgan fingerprint density at radius 1 is 0.667 bits per heavy atom. The molecule has 0 bridgehead atoms. The molecule has 46 valence electrons. The Morgan fingerprint density at radius 3 is 0.889 bits per heavy atom. The summed E-state index contributed by atoms with van der Waals surface area (Å²) in [6.07, 6.45) is 0. The van der Waals surface area contributed by atoms with Crippen molar-refractivity contribution in [2.45, 2.75) is 0 Å². The maximum atomic E-state index is 4.99. The van der Waals surface area contributed by atoms with Crippen LogP contribution in [0.4, 0.5) is 0 Å². The third kappa shape index (κ3) is 8.74. The van der Waals surface area contributed by atoms with Gasteiger partial charge in [0.05, 0.1) is 0 Å². The van der Waals surface area contributed by atoms with Crippen molar-refractivity contribution >= 4 is 16.5 Å². The summed E-state index contributed by atoms with van der Waals surface area (Å²) in [6.45, 7) is 0.